The Labute approximate surface area is 111 Å². The Balaban J connectivity index is 3.24. The fourth-order valence-electron chi connectivity index (χ4n) is 2.26. The Morgan fingerprint density at radius 1 is 1.26 bits per heavy atom. The molecule has 0 saturated carbocycles. The predicted molar refractivity (Wildman–Crippen MR) is 66.4 cm³/mol. The number of esters is 1. The average molecular weight is 275 g/mol. The highest BCUT2D eigenvalue weighted by Gasteiger charge is 2.57. The lowest BCUT2D eigenvalue weighted by Gasteiger charge is -2.41. The number of rotatable bonds is 7. The summed E-state index contributed by atoms with van der Waals surface area (Å²) in [7, 11) is 0. The third-order valence-corrected chi connectivity index (χ3v) is 3.09. The lowest BCUT2D eigenvalue weighted by atomic mass is 10.0. The first-order valence-corrected chi connectivity index (χ1v) is 6.35. The van der Waals surface area contributed by atoms with Gasteiger partial charge in [0.15, 0.2) is 0 Å². The van der Waals surface area contributed by atoms with Crippen LogP contribution in [0.25, 0.3) is 0 Å². The lowest BCUT2D eigenvalue weighted by Crippen LogP contribution is -2.60. The minimum atomic E-state index is -1.90. The van der Waals surface area contributed by atoms with E-state index in [1.165, 1.54) is 0 Å². The van der Waals surface area contributed by atoms with Gasteiger partial charge in [-0.25, -0.2) is 4.79 Å². The van der Waals surface area contributed by atoms with Crippen molar-refractivity contribution in [2.45, 2.75) is 38.5 Å². The van der Waals surface area contributed by atoms with Crippen molar-refractivity contribution in [3.63, 3.8) is 0 Å². The van der Waals surface area contributed by atoms with Crippen LogP contribution >= 0.6 is 0 Å². The van der Waals surface area contributed by atoms with Crippen LogP contribution in [-0.4, -0.2) is 62.8 Å². The van der Waals surface area contributed by atoms with Crippen molar-refractivity contribution < 1.29 is 30.0 Å². The third kappa shape index (κ3) is 2.54. The Bertz CT molecular complexity index is 363. The maximum atomic E-state index is 11.4. The molecule has 110 valence electrons. The van der Waals surface area contributed by atoms with Gasteiger partial charge < -0.3 is 25.2 Å². The molecule has 0 aromatic rings. The van der Waals surface area contributed by atoms with E-state index in [1.54, 1.807) is 4.90 Å². The van der Waals surface area contributed by atoms with E-state index in [4.69, 9.17) is 9.84 Å². The Morgan fingerprint density at radius 3 is 2.11 bits per heavy atom. The molecule has 0 spiro atoms. The smallest absolute Gasteiger partial charge is 0.379 e. The standard InChI is InChI=1S/C12H21NO6/c1-3-5-13(6-4-2)12(8(15)7-14)10(17)9(16)11(18)19-12/h8,14-17H,3-7H2,1-2H3/t8-,12+/m0/s1. The van der Waals surface area contributed by atoms with E-state index in [0.29, 0.717) is 25.9 Å². The minimum absolute atomic E-state index is 0.426. The topological polar surface area (TPSA) is 110 Å². The number of aliphatic hydroxyl groups excluding tert-OH is 4. The summed E-state index contributed by atoms with van der Waals surface area (Å²) in [5, 5.41) is 38.6. The fraction of sp³-hybridized carbons (Fsp3) is 0.750. The van der Waals surface area contributed by atoms with Gasteiger partial charge in [-0.2, -0.15) is 0 Å². The first-order chi connectivity index (χ1) is 8.95. The van der Waals surface area contributed by atoms with Crippen molar-refractivity contribution in [3.05, 3.63) is 11.5 Å². The van der Waals surface area contributed by atoms with Gasteiger partial charge in [-0.1, -0.05) is 13.8 Å². The van der Waals surface area contributed by atoms with Crippen LogP contribution in [0.4, 0.5) is 0 Å². The number of aliphatic hydroxyl groups is 4. The Morgan fingerprint density at radius 2 is 1.79 bits per heavy atom. The van der Waals surface area contributed by atoms with Crippen molar-refractivity contribution >= 4 is 5.97 Å². The molecule has 1 heterocycles. The van der Waals surface area contributed by atoms with Crippen molar-refractivity contribution in [2.75, 3.05) is 19.7 Å². The molecule has 0 bridgehead atoms. The molecular formula is C12H21NO6. The van der Waals surface area contributed by atoms with Gasteiger partial charge in [-0.3, -0.25) is 4.90 Å². The van der Waals surface area contributed by atoms with Crippen LogP contribution in [0.5, 0.6) is 0 Å². The van der Waals surface area contributed by atoms with Crippen LogP contribution in [0, 0.1) is 0 Å². The summed E-state index contributed by atoms with van der Waals surface area (Å²) in [6, 6.07) is 0. The van der Waals surface area contributed by atoms with Crippen molar-refractivity contribution in [1.82, 2.24) is 4.90 Å². The van der Waals surface area contributed by atoms with E-state index in [-0.39, 0.29) is 0 Å². The molecule has 0 aliphatic carbocycles. The summed E-state index contributed by atoms with van der Waals surface area (Å²) < 4.78 is 5.00. The van der Waals surface area contributed by atoms with E-state index in [1.807, 2.05) is 13.8 Å². The van der Waals surface area contributed by atoms with E-state index in [0.717, 1.165) is 0 Å². The van der Waals surface area contributed by atoms with E-state index < -0.39 is 35.9 Å². The van der Waals surface area contributed by atoms with Gasteiger partial charge in [0, 0.05) is 13.1 Å². The largest absolute Gasteiger partial charge is 0.504 e. The summed E-state index contributed by atoms with van der Waals surface area (Å²) in [6.07, 6.45) is -0.170. The molecule has 0 unspecified atom stereocenters. The quantitative estimate of drug-likeness (QED) is 0.485. The molecule has 0 fully saturated rings. The zero-order valence-corrected chi connectivity index (χ0v) is 11.2. The number of hydrogen-bond donors (Lipinski definition) is 4. The molecule has 2 atom stereocenters. The van der Waals surface area contributed by atoms with E-state index in [9.17, 15) is 20.1 Å². The Hall–Kier alpha value is -1.31. The molecule has 19 heavy (non-hydrogen) atoms. The average Bonchev–Trinajstić information content (AvgIpc) is 2.63. The van der Waals surface area contributed by atoms with Crippen molar-refractivity contribution in [1.29, 1.82) is 0 Å². The molecule has 1 rings (SSSR count). The highest BCUT2D eigenvalue weighted by atomic mass is 16.6. The van der Waals surface area contributed by atoms with Crippen LogP contribution in [0.15, 0.2) is 11.5 Å². The summed E-state index contributed by atoms with van der Waals surface area (Å²) >= 11 is 0. The van der Waals surface area contributed by atoms with E-state index >= 15 is 0 Å². The first kappa shape index (κ1) is 15.7. The van der Waals surface area contributed by atoms with Crippen molar-refractivity contribution in [3.8, 4) is 0 Å². The highest BCUT2D eigenvalue weighted by Crippen LogP contribution is 2.36. The molecule has 4 N–H and O–H groups in total. The van der Waals surface area contributed by atoms with Gasteiger partial charge in [-0.15, -0.1) is 0 Å². The van der Waals surface area contributed by atoms with Gasteiger partial charge in [0.1, 0.15) is 6.10 Å². The highest BCUT2D eigenvalue weighted by molar-refractivity contribution is 5.89. The molecule has 0 amide bonds. The summed E-state index contributed by atoms with van der Waals surface area (Å²) in [5.74, 6) is -2.78. The van der Waals surface area contributed by atoms with Gasteiger partial charge in [0.05, 0.1) is 6.61 Å². The predicted octanol–water partition coefficient (Wildman–Crippen LogP) is 0.0423. The molecule has 1 aliphatic heterocycles. The number of ether oxygens (including phenoxy) is 1. The molecule has 7 nitrogen and oxygen atoms in total. The van der Waals surface area contributed by atoms with Gasteiger partial charge >= 0.3 is 5.97 Å². The zero-order valence-electron chi connectivity index (χ0n) is 11.2. The first-order valence-electron chi connectivity index (χ1n) is 6.35. The van der Waals surface area contributed by atoms with Crippen LogP contribution in [-0.2, 0) is 9.53 Å². The molecule has 0 radical (unpaired) electrons. The van der Waals surface area contributed by atoms with Gasteiger partial charge in [0.2, 0.25) is 11.5 Å². The third-order valence-electron chi connectivity index (χ3n) is 3.09. The van der Waals surface area contributed by atoms with E-state index in [2.05, 4.69) is 0 Å². The molecule has 0 saturated heterocycles. The summed E-state index contributed by atoms with van der Waals surface area (Å²) in [4.78, 5) is 13.0. The van der Waals surface area contributed by atoms with Gasteiger partial charge in [0.25, 0.3) is 5.72 Å². The SMILES string of the molecule is CCCN(CCC)[C@]1([C@@H](O)CO)OC(=O)C(O)=C1O. The lowest BCUT2D eigenvalue weighted by molar-refractivity contribution is -0.203. The second kappa shape index (κ2) is 6.23. The second-order valence-electron chi connectivity index (χ2n) is 4.47. The number of hydrogen-bond acceptors (Lipinski definition) is 7. The number of carbonyl (C=O) groups is 1. The number of cyclic esters (lactones) is 1. The molecule has 7 heteroatoms. The Kier molecular flexibility index (Phi) is 5.16. The summed E-state index contributed by atoms with van der Waals surface area (Å²) in [5.41, 5.74) is -1.90. The van der Waals surface area contributed by atoms with Gasteiger partial charge in [-0.05, 0) is 12.8 Å². The van der Waals surface area contributed by atoms with Crippen molar-refractivity contribution in [2.24, 2.45) is 0 Å². The monoisotopic (exact) mass is 275 g/mol. The van der Waals surface area contributed by atoms with Crippen LogP contribution in [0.2, 0.25) is 0 Å². The maximum Gasteiger partial charge on any atom is 0.379 e. The number of carbonyl (C=O) groups excluding carboxylic acids is 1. The zero-order chi connectivity index (χ0) is 14.6. The maximum absolute atomic E-state index is 11.4. The fourth-order valence-corrected chi connectivity index (χ4v) is 2.26. The molecular weight excluding hydrogens is 254 g/mol. The van der Waals surface area contributed by atoms with Crippen LogP contribution < -0.4 is 0 Å². The normalized spacial score (nSPS) is 25.0. The van der Waals surface area contributed by atoms with Crippen LogP contribution in [0.3, 0.4) is 0 Å². The number of nitrogens with zero attached hydrogens (tertiary/aromatic N) is 1. The minimum Gasteiger partial charge on any atom is -0.504 e. The molecule has 0 aromatic carbocycles. The molecule has 0 aromatic heterocycles. The summed E-state index contributed by atoms with van der Waals surface area (Å²) in [6.45, 7) is 3.91. The molecule has 1 aliphatic rings. The second-order valence-corrected chi connectivity index (χ2v) is 4.47. The van der Waals surface area contributed by atoms with Crippen LogP contribution in [0.1, 0.15) is 26.7 Å².